The van der Waals surface area contributed by atoms with Gasteiger partial charge >= 0.3 is 5.97 Å². The highest BCUT2D eigenvalue weighted by atomic mass is 35.5. The van der Waals surface area contributed by atoms with Crippen LogP contribution in [0.3, 0.4) is 0 Å². The lowest BCUT2D eigenvalue weighted by atomic mass is 9.74. The van der Waals surface area contributed by atoms with Crippen LogP contribution in [0.5, 0.6) is 11.5 Å². The Morgan fingerprint density at radius 2 is 2.03 bits per heavy atom. The molecule has 172 valence electrons. The summed E-state index contributed by atoms with van der Waals surface area (Å²) in [6.45, 7) is 7.95. The molecule has 2 aliphatic rings. The van der Waals surface area contributed by atoms with E-state index >= 15 is 0 Å². The van der Waals surface area contributed by atoms with Crippen molar-refractivity contribution < 1.29 is 19.4 Å². The minimum absolute atomic E-state index is 0.0285. The number of hydrogen-bond acceptors (Lipinski definition) is 4. The molecule has 4 rings (SSSR count). The predicted octanol–water partition coefficient (Wildman–Crippen LogP) is 5.32. The Bertz CT molecular complexity index is 966. The van der Waals surface area contributed by atoms with Crippen molar-refractivity contribution in [3.05, 3.63) is 58.1 Å². The molecule has 2 heterocycles. The first kappa shape index (κ1) is 22.9. The summed E-state index contributed by atoms with van der Waals surface area (Å²) < 4.78 is 12.2. The van der Waals surface area contributed by atoms with Gasteiger partial charge in [-0.3, -0.25) is 4.79 Å². The van der Waals surface area contributed by atoms with Crippen molar-refractivity contribution >= 4 is 17.6 Å². The molecule has 1 N–H and O–H groups in total. The maximum absolute atomic E-state index is 10.8. The number of piperidine rings is 1. The molecular weight excluding hydrogens is 426 g/mol. The van der Waals surface area contributed by atoms with Gasteiger partial charge in [0.25, 0.3) is 0 Å². The van der Waals surface area contributed by atoms with E-state index in [9.17, 15) is 4.79 Å². The lowest BCUT2D eigenvalue weighted by Crippen LogP contribution is -2.44. The van der Waals surface area contributed by atoms with Crippen LogP contribution in [0.4, 0.5) is 0 Å². The zero-order chi connectivity index (χ0) is 22.7. The molecule has 0 unspecified atom stereocenters. The topological polar surface area (TPSA) is 59.0 Å². The summed E-state index contributed by atoms with van der Waals surface area (Å²) >= 11 is 6.48. The summed E-state index contributed by atoms with van der Waals surface area (Å²) in [5, 5.41) is 9.67. The third-order valence-corrected chi connectivity index (χ3v) is 7.06. The molecular formula is C26H32ClNO4. The number of carboxylic acids is 1. The zero-order valence-corrected chi connectivity index (χ0v) is 19.7. The molecule has 1 fully saturated rings. The predicted molar refractivity (Wildman–Crippen MR) is 126 cm³/mol. The number of nitrogens with zero attached hydrogens (tertiary/aromatic N) is 1. The Morgan fingerprint density at radius 1 is 1.25 bits per heavy atom. The van der Waals surface area contributed by atoms with Crippen LogP contribution in [0.25, 0.3) is 0 Å². The van der Waals surface area contributed by atoms with Crippen LogP contribution in [-0.4, -0.2) is 42.2 Å². The summed E-state index contributed by atoms with van der Waals surface area (Å²) in [5.74, 6) is 1.51. The summed E-state index contributed by atoms with van der Waals surface area (Å²) in [6, 6.07) is 12.2. The summed E-state index contributed by atoms with van der Waals surface area (Å²) in [4.78, 5) is 13.1. The molecule has 2 aromatic carbocycles. The SMILES string of the molecule is CC(C)Cc1cccc(Cl)c1COc1ccc2c(c1)OCC21CCN(CCC(=O)O)CC1. The van der Waals surface area contributed by atoms with Gasteiger partial charge in [0.15, 0.2) is 0 Å². The van der Waals surface area contributed by atoms with Gasteiger partial charge in [-0.05, 0) is 56.0 Å². The highest BCUT2D eigenvalue weighted by Crippen LogP contribution is 2.46. The fourth-order valence-corrected chi connectivity index (χ4v) is 5.12. The van der Waals surface area contributed by atoms with Crippen LogP contribution < -0.4 is 9.47 Å². The van der Waals surface area contributed by atoms with Gasteiger partial charge < -0.3 is 19.5 Å². The summed E-state index contributed by atoms with van der Waals surface area (Å²) in [5.41, 5.74) is 3.56. The molecule has 0 radical (unpaired) electrons. The first-order chi connectivity index (χ1) is 15.4. The summed E-state index contributed by atoms with van der Waals surface area (Å²) in [7, 11) is 0. The van der Waals surface area contributed by atoms with E-state index < -0.39 is 5.97 Å². The van der Waals surface area contributed by atoms with Gasteiger partial charge in [-0.2, -0.15) is 0 Å². The summed E-state index contributed by atoms with van der Waals surface area (Å²) in [6.07, 6.45) is 3.14. The average molecular weight is 458 g/mol. The molecule has 2 aliphatic heterocycles. The molecule has 0 aliphatic carbocycles. The van der Waals surface area contributed by atoms with Crippen molar-refractivity contribution in [2.45, 2.75) is 51.6 Å². The van der Waals surface area contributed by atoms with Crippen molar-refractivity contribution in [3.8, 4) is 11.5 Å². The Hall–Kier alpha value is -2.24. The van der Waals surface area contributed by atoms with E-state index in [1.165, 1.54) is 11.1 Å². The molecule has 0 atom stereocenters. The van der Waals surface area contributed by atoms with Crippen LogP contribution in [0.2, 0.25) is 5.02 Å². The van der Waals surface area contributed by atoms with Gasteiger partial charge in [-0.1, -0.05) is 43.6 Å². The number of carboxylic acid groups (broad SMARTS) is 1. The lowest BCUT2D eigenvalue weighted by Gasteiger charge is -2.38. The van der Waals surface area contributed by atoms with Gasteiger partial charge in [0.2, 0.25) is 0 Å². The number of rotatable bonds is 8. The number of carbonyl (C=O) groups is 1. The molecule has 1 saturated heterocycles. The molecule has 32 heavy (non-hydrogen) atoms. The van der Waals surface area contributed by atoms with E-state index in [2.05, 4.69) is 30.9 Å². The van der Waals surface area contributed by atoms with E-state index in [1.54, 1.807) is 0 Å². The van der Waals surface area contributed by atoms with Gasteiger partial charge in [0.1, 0.15) is 18.1 Å². The Kier molecular flexibility index (Phi) is 6.96. The number of halogens is 1. The fourth-order valence-electron chi connectivity index (χ4n) is 4.87. The van der Waals surface area contributed by atoms with Crippen molar-refractivity contribution in [1.29, 1.82) is 0 Å². The van der Waals surface area contributed by atoms with Crippen molar-refractivity contribution in [1.82, 2.24) is 4.90 Å². The molecule has 6 heteroatoms. The molecule has 5 nitrogen and oxygen atoms in total. The quantitative estimate of drug-likeness (QED) is 0.581. The van der Waals surface area contributed by atoms with Gasteiger partial charge in [0.05, 0.1) is 13.0 Å². The van der Waals surface area contributed by atoms with Crippen LogP contribution in [0, 0.1) is 5.92 Å². The monoisotopic (exact) mass is 457 g/mol. The molecule has 1 spiro atoms. The smallest absolute Gasteiger partial charge is 0.304 e. The van der Waals surface area contributed by atoms with E-state index in [-0.39, 0.29) is 11.8 Å². The minimum Gasteiger partial charge on any atom is -0.492 e. The van der Waals surface area contributed by atoms with Crippen molar-refractivity contribution in [2.24, 2.45) is 5.92 Å². The molecule has 0 amide bonds. The second-order valence-corrected chi connectivity index (χ2v) is 9.88. The maximum atomic E-state index is 10.8. The fraction of sp³-hybridized carbons (Fsp3) is 0.500. The average Bonchev–Trinajstić information content (AvgIpc) is 3.10. The van der Waals surface area contributed by atoms with Crippen LogP contribution in [0.1, 0.15) is 49.8 Å². The molecule has 0 bridgehead atoms. The largest absolute Gasteiger partial charge is 0.492 e. The van der Waals surface area contributed by atoms with E-state index in [0.29, 0.717) is 25.7 Å². The van der Waals surface area contributed by atoms with Gasteiger partial charge in [-0.15, -0.1) is 0 Å². The number of benzene rings is 2. The zero-order valence-electron chi connectivity index (χ0n) is 18.9. The number of aliphatic carboxylic acids is 1. The van der Waals surface area contributed by atoms with Crippen LogP contribution >= 0.6 is 11.6 Å². The van der Waals surface area contributed by atoms with Gasteiger partial charge in [0, 0.05) is 34.2 Å². The van der Waals surface area contributed by atoms with Crippen LogP contribution in [0.15, 0.2) is 36.4 Å². The standard InChI is InChI=1S/C26H32ClNO4/c1-18(2)14-19-4-3-5-23(27)21(19)16-31-20-6-7-22-24(15-20)32-17-26(22)9-12-28(13-10-26)11-8-25(29)30/h3-7,15,18H,8-14,16-17H2,1-2H3,(H,29,30). The minimum atomic E-state index is -0.736. The first-order valence-electron chi connectivity index (χ1n) is 11.5. The number of hydrogen-bond donors (Lipinski definition) is 1. The normalized spacial score (nSPS) is 17.4. The molecule has 0 aromatic heterocycles. The molecule has 2 aromatic rings. The van der Waals surface area contributed by atoms with E-state index in [0.717, 1.165) is 54.4 Å². The number of likely N-dealkylation sites (tertiary alicyclic amines) is 1. The maximum Gasteiger partial charge on any atom is 0.304 e. The number of ether oxygens (including phenoxy) is 2. The second-order valence-electron chi connectivity index (χ2n) is 9.48. The van der Waals surface area contributed by atoms with Crippen molar-refractivity contribution in [2.75, 3.05) is 26.2 Å². The Labute approximate surface area is 195 Å². The Morgan fingerprint density at radius 3 is 2.75 bits per heavy atom. The van der Waals surface area contributed by atoms with Crippen molar-refractivity contribution in [3.63, 3.8) is 0 Å². The van der Waals surface area contributed by atoms with Gasteiger partial charge in [-0.25, -0.2) is 0 Å². The molecule has 0 saturated carbocycles. The number of fused-ring (bicyclic) bond motifs is 2. The van der Waals surface area contributed by atoms with E-state index in [4.69, 9.17) is 26.2 Å². The van der Waals surface area contributed by atoms with E-state index in [1.807, 2.05) is 24.3 Å². The third-order valence-electron chi connectivity index (χ3n) is 6.71. The Balaban J connectivity index is 1.42. The highest BCUT2D eigenvalue weighted by molar-refractivity contribution is 6.31. The second kappa shape index (κ2) is 9.72. The highest BCUT2D eigenvalue weighted by Gasteiger charge is 2.43. The van der Waals surface area contributed by atoms with Crippen LogP contribution in [-0.2, 0) is 23.2 Å². The lowest BCUT2D eigenvalue weighted by molar-refractivity contribution is -0.137. The first-order valence-corrected chi connectivity index (χ1v) is 11.8. The third kappa shape index (κ3) is 5.05.